The predicted octanol–water partition coefficient (Wildman–Crippen LogP) is 3.52. The molecule has 3 aromatic rings. The van der Waals surface area contributed by atoms with E-state index in [0.29, 0.717) is 80.6 Å². The molecular weight excluding hydrogens is 515 g/mol. The summed E-state index contributed by atoms with van der Waals surface area (Å²) in [5.41, 5.74) is 2.48. The lowest BCUT2D eigenvalue weighted by molar-refractivity contribution is 0.0303. The van der Waals surface area contributed by atoms with Gasteiger partial charge >= 0.3 is 0 Å². The van der Waals surface area contributed by atoms with Crippen LogP contribution in [-0.2, 0) is 4.74 Å². The molecule has 3 amide bonds. The Morgan fingerprint density at radius 2 is 1.50 bits per heavy atom. The Bertz CT molecular complexity index is 1380. The highest BCUT2D eigenvalue weighted by Crippen LogP contribution is 2.28. The molecule has 0 unspecified atom stereocenters. The summed E-state index contributed by atoms with van der Waals surface area (Å²) in [6, 6.07) is 17.8. The highest BCUT2D eigenvalue weighted by Gasteiger charge is 2.28. The van der Waals surface area contributed by atoms with Crippen LogP contribution in [0.5, 0.6) is 5.75 Å². The summed E-state index contributed by atoms with van der Waals surface area (Å²) in [5, 5.41) is 2.89. The first-order valence-corrected chi connectivity index (χ1v) is 13.2. The molecular formula is C30H31FN4O5. The second-order valence-electron chi connectivity index (χ2n) is 9.61. The number of benzene rings is 3. The average molecular weight is 547 g/mol. The fourth-order valence-electron chi connectivity index (χ4n) is 4.90. The van der Waals surface area contributed by atoms with Crippen molar-refractivity contribution in [2.45, 2.75) is 0 Å². The van der Waals surface area contributed by atoms with Crippen LogP contribution in [0.2, 0.25) is 0 Å². The van der Waals surface area contributed by atoms with Gasteiger partial charge in [0.2, 0.25) is 0 Å². The third-order valence-corrected chi connectivity index (χ3v) is 7.11. The molecule has 0 atom stereocenters. The van der Waals surface area contributed by atoms with Crippen LogP contribution in [0.25, 0.3) is 0 Å². The van der Waals surface area contributed by atoms with Crippen LogP contribution in [0, 0.1) is 5.82 Å². The van der Waals surface area contributed by atoms with Crippen molar-refractivity contribution in [3.05, 3.63) is 89.2 Å². The van der Waals surface area contributed by atoms with Gasteiger partial charge in [-0.3, -0.25) is 14.4 Å². The number of halogens is 1. The Kier molecular flexibility index (Phi) is 8.26. The maximum atomic E-state index is 13.6. The quantitative estimate of drug-likeness (QED) is 0.509. The standard InChI is InChI=1S/C30H31FN4O5/c1-39-25-8-5-21(6-9-25)28(36)32-24-7-10-27(26(20-24)30(38)35-15-17-40-18-16-35)33-11-13-34(14-12-33)29(37)22-3-2-4-23(31)19-22/h2-10,19-20H,11-18H2,1H3,(H,32,36). The molecule has 0 saturated carbocycles. The van der Waals surface area contributed by atoms with Crippen LogP contribution in [0.1, 0.15) is 31.1 Å². The number of hydrogen-bond acceptors (Lipinski definition) is 6. The van der Waals surface area contributed by atoms with Gasteiger partial charge in [-0.2, -0.15) is 0 Å². The number of ether oxygens (including phenoxy) is 2. The second kappa shape index (κ2) is 12.2. The van der Waals surface area contributed by atoms with Crippen LogP contribution in [0.4, 0.5) is 15.8 Å². The first-order valence-electron chi connectivity index (χ1n) is 13.2. The van der Waals surface area contributed by atoms with E-state index in [2.05, 4.69) is 10.2 Å². The molecule has 208 valence electrons. The molecule has 0 radical (unpaired) electrons. The molecule has 0 aromatic heterocycles. The first-order chi connectivity index (χ1) is 19.4. The SMILES string of the molecule is COc1ccc(C(=O)Nc2ccc(N3CCN(C(=O)c4cccc(F)c4)CC3)c(C(=O)N3CCOCC3)c2)cc1. The highest BCUT2D eigenvalue weighted by molar-refractivity contribution is 6.06. The molecule has 0 bridgehead atoms. The van der Waals surface area contributed by atoms with Crippen LogP contribution < -0.4 is 15.0 Å². The van der Waals surface area contributed by atoms with E-state index in [4.69, 9.17) is 9.47 Å². The zero-order chi connectivity index (χ0) is 28.1. The number of hydrogen-bond donors (Lipinski definition) is 1. The normalized spacial score (nSPS) is 15.5. The molecule has 1 N–H and O–H groups in total. The van der Waals surface area contributed by atoms with Gasteiger partial charge in [-0.1, -0.05) is 6.07 Å². The molecule has 9 nitrogen and oxygen atoms in total. The molecule has 10 heteroatoms. The van der Waals surface area contributed by atoms with Crippen molar-refractivity contribution in [2.24, 2.45) is 0 Å². The molecule has 5 rings (SSSR count). The molecule has 2 saturated heterocycles. The number of piperazine rings is 1. The van der Waals surface area contributed by atoms with Gasteiger partial charge in [0.25, 0.3) is 17.7 Å². The number of carbonyl (C=O) groups is 3. The average Bonchev–Trinajstić information content (AvgIpc) is 3.01. The minimum Gasteiger partial charge on any atom is -0.497 e. The second-order valence-corrected chi connectivity index (χ2v) is 9.61. The molecule has 0 aliphatic carbocycles. The number of nitrogens with one attached hydrogen (secondary N) is 1. The fourth-order valence-corrected chi connectivity index (χ4v) is 4.90. The third-order valence-electron chi connectivity index (χ3n) is 7.11. The van der Waals surface area contributed by atoms with E-state index < -0.39 is 5.82 Å². The van der Waals surface area contributed by atoms with Crippen molar-refractivity contribution in [2.75, 3.05) is 69.8 Å². The van der Waals surface area contributed by atoms with E-state index in [1.165, 1.54) is 18.2 Å². The van der Waals surface area contributed by atoms with Crippen molar-refractivity contribution >= 4 is 29.1 Å². The fraction of sp³-hybridized carbons (Fsp3) is 0.300. The molecule has 2 heterocycles. The van der Waals surface area contributed by atoms with Gasteiger partial charge in [0.15, 0.2) is 0 Å². The van der Waals surface area contributed by atoms with E-state index >= 15 is 0 Å². The summed E-state index contributed by atoms with van der Waals surface area (Å²) in [6.07, 6.45) is 0. The van der Waals surface area contributed by atoms with Crippen LogP contribution in [0.3, 0.4) is 0 Å². The molecule has 2 aliphatic heterocycles. The molecule has 2 aliphatic rings. The van der Waals surface area contributed by atoms with Crippen molar-refractivity contribution < 1.29 is 28.2 Å². The van der Waals surface area contributed by atoms with E-state index in [-0.39, 0.29) is 17.7 Å². The van der Waals surface area contributed by atoms with Crippen molar-refractivity contribution in [3.8, 4) is 5.75 Å². The lowest BCUT2D eigenvalue weighted by Crippen LogP contribution is -2.49. The first kappa shape index (κ1) is 27.1. The smallest absolute Gasteiger partial charge is 0.256 e. The third kappa shape index (κ3) is 6.07. The van der Waals surface area contributed by atoms with Crippen molar-refractivity contribution in [1.82, 2.24) is 9.80 Å². The number of rotatable bonds is 6. The van der Waals surface area contributed by atoms with Crippen LogP contribution in [0.15, 0.2) is 66.7 Å². The maximum Gasteiger partial charge on any atom is 0.256 e. The van der Waals surface area contributed by atoms with E-state index in [1.807, 2.05) is 6.07 Å². The Balaban J connectivity index is 1.35. The van der Waals surface area contributed by atoms with Gasteiger partial charge in [0, 0.05) is 61.8 Å². The lowest BCUT2D eigenvalue weighted by atomic mass is 10.1. The highest BCUT2D eigenvalue weighted by atomic mass is 19.1. The Morgan fingerprint density at radius 3 is 2.17 bits per heavy atom. The number of anilines is 2. The van der Waals surface area contributed by atoms with E-state index in [0.717, 1.165) is 5.69 Å². The largest absolute Gasteiger partial charge is 0.497 e. The number of nitrogens with zero attached hydrogens (tertiary/aromatic N) is 3. The molecule has 2 fully saturated rings. The number of morpholine rings is 1. The summed E-state index contributed by atoms with van der Waals surface area (Å²) in [5.74, 6) is -0.464. The number of carbonyl (C=O) groups excluding carboxylic acids is 3. The monoisotopic (exact) mass is 546 g/mol. The lowest BCUT2D eigenvalue weighted by Gasteiger charge is -2.37. The summed E-state index contributed by atoms with van der Waals surface area (Å²) in [7, 11) is 1.56. The summed E-state index contributed by atoms with van der Waals surface area (Å²) < 4.78 is 24.2. The minimum absolute atomic E-state index is 0.142. The molecule has 40 heavy (non-hydrogen) atoms. The van der Waals surface area contributed by atoms with Gasteiger partial charge in [-0.15, -0.1) is 0 Å². The summed E-state index contributed by atoms with van der Waals surface area (Å²) in [6.45, 7) is 3.76. The van der Waals surface area contributed by atoms with E-state index in [9.17, 15) is 18.8 Å². The van der Waals surface area contributed by atoms with E-state index in [1.54, 1.807) is 59.4 Å². The number of methoxy groups -OCH3 is 1. The van der Waals surface area contributed by atoms with Crippen LogP contribution in [-0.4, -0.2) is 87.1 Å². The van der Waals surface area contributed by atoms with Crippen LogP contribution >= 0.6 is 0 Å². The Morgan fingerprint density at radius 1 is 0.800 bits per heavy atom. The Hall–Kier alpha value is -4.44. The summed E-state index contributed by atoms with van der Waals surface area (Å²) >= 11 is 0. The molecule has 3 aromatic carbocycles. The van der Waals surface area contributed by atoms with Gasteiger partial charge in [0.1, 0.15) is 11.6 Å². The number of amides is 3. The van der Waals surface area contributed by atoms with Crippen molar-refractivity contribution in [3.63, 3.8) is 0 Å². The van der Waals surface area contributed by atoms with Crippen molar-refractivity contribution in [1.29, 1.82) is 0 Å². The predicted molar refractivity (Wildman–Crippen MR) is 149 cm³/mol. The minimum atomic E-state index is -0.449. The molecule has 0 spiro atoms. The van der Waals surface area contributed by atoms with Gasteiger partial charge < -0.3 is 29.5 Å². The summed E-state index contributed by atoms with van der Waals surface area (Å²) in [4.78, 5) is 44.9. The zero-order valence-corrected chi connectivity index (χ0v) is 22.3. The van der Waals surface area contributed by atoms with Gasteiger partial charge in [0.05, 0.1) is 25.9 Å². The Labute approximate surface area is 232 Å². The topological polar surface area (TPSA) is 91.4 Å². The van der Waals surface area contributed by atoms with Gasteiger partial charge in [-0.25, -0.2) is 4.39 Å². The zero-order valence-electron chi connectivity index (χ0n) is 22.3. The van der Waals surface area contributed by atoms with Gasteiger partial charge in [-0.05, 0) is 60.7 Å². The maximum absolute atomic E-state index is 13.6.